The van der Waals surface area contributed by atoms with Crippen molar-refractivity contribution in [3.63, 3.8) is 0 Å². The van der Waals surface area contributed by atoms with E-state index in [1.165, 1.54) is 0 Å². The molecule has 1 aliphatic heterocycles. The molecule has 0 spiro atoms. The summed E-state index contributed by atoms with van der Waals surface area (Å²) in [4.78, 5) is 12.7. The molecule has 0 saturated carbocycles. The summed E-state index contributed by atoms with van der Waals surface area (Å²) in [6.45, 7) is 0. The van der Waals surface area contributed by atoms with Crippen LogP contribution in [-0.2, 0) is 0 Å². The maximum atomic E-state index is 12.7. The van der Waals surface area contributed by atoms with Gasteiger partial charge in [-0.3, -0.25) is 4.79 Å². The highest BCUT2D eigenvalue weighted by Crippen LogP contribution is 2.43. The van der Waals surface area contributed by atoms with E-state index in [1.807, 2.05) is 48.5 Å². The van der Waals surface area contributed by atoms with Gasteiger partial charge in [-0.1, -0.05) is 35.4 Å². The number of hydrogen-bond donors (Lipinski definition) is 2. The zero-order valence-electron chi connectivity index (χ0n) is 16.2. The Labute approximate surface area is 170 Å². The standard InChI is InChI=1S/C20H17N7O3/c1-29-12-7-5-6-11(10-12)16-15-17(19(28)23-22-16)21-20-24-25-26-27(20)18(15)13-8-3-4-9-14(13)30-2/h3-10,18H,1-2H3,(H,23,28)(H,21,24,26)/t18-/m0/s1. The normalized spacial score (nSPS) is 14.4. The second-order valence-corrected chi connectivity index (χ2v) is 6.64. The van der Waals surface area contributed by atoms with Gasteiger partial charge in [0.2, 0.25) is 5.95 Å². The summed E-state index contributed by atoms with van der Waals surface area (Å²) >= 11 is 0. The van der Waals surface area contributed by atoms with E-state index >= 15 is 0 Å². The van der Waals surface area contributed by atoms with Crippen LogP contribution in [0.1, 0.15) is 17.2 Å². The first-order chi connectivity index (χ1) is 14.7. The first kappa shape index (κ1) is 17.9. The minimum atomic E-state index is -0.529. The minimum Gasteiger partial charge on any atom is -0.497 e. The number of nitrogens with one attached hydrogen (secondary N) is 2. The number of para-hydroxylation sites is 1. The van der Waals surface area contributed by atoms with Gasteiger partial charge < -0.3 is 14.8 Å². The number of nitrogens with zero attached hydrogens (tertiary/aromatic N) is 5. The van der Waals surface area contributed by atoms with Gasteiger partial charge in [-0.05, 0) is 28.6 Å². The number of hydrogen-bond acceptors (Lipinski definition) is 8. The lowest BCUT2D eigenvalue weighted by Gasteiger charge is -2.28. The van der Waals surface area contributed by atoms with Crippen molar-refractivity contribution < 1.29 is 9.47 Å². The number of H-pyrrole nitrogens is 1. The molecule has 0 saturated heterocycles. The highest BCUT2D eigenvalue weighted by atomic mass is 16.5. The van der Waals surface area contributed by atoms with Crippen LogP contribution in [0.25, 0.3) is 11.3 Å². The Bertz CT molecular complexity index is 1300. The molecule has 1 atom stereocenters. The Morgan fingerprint density at radius 2 is 1.93 bits per heavy atom. The van der Waals surface area contributed by atoms with Crippen molar-refractivity contribution in [1.29, 1.82) is 0 Å². The zero-order valence-corrected chi connectivity index (χ0v) is 16.2. The second kappa shape index (κ2) is 6.99. The number of benzene rings is 2. The summed E-state index contributed by atoms with van der Waals surface area (Å²) in [5.74, 6) is 1.68. The van der Waals surface area contributed by atoms with Crippen molar-refractivity contribution in [1.82, 2.24) is 30.4 Å². The fourth-order valence-corrected chi connectivity index (χ4v) is 3.71. The average molecular weight is 403 g/mol. The molecule has 0 amide bonds. The van der Waals surface area contributed by atoms with Crippen LogP contribution in [0.5, 0.6) is 11.5 Å². The zero-order chi connectivity index (χ0) is 20.7. The van der Waals surface area contributed by atoms with Crippen LogP contribution in [0.3, 0.4) is 0 Å². The van der Waals surface area contributed by atoms with Gasteiger partial charge in [-0.15, -0.1) is 0 Å². The van der Waals surface area contributed by atoms with E-state index in [1.54, 1.807) is 18.9 Å². The van der Waals surface area contributed by atoms with Crippen LogP contribution < -0.4 is 20.3 Å². The first-order valence-corrected chi connectivity index (χ1v) is 9.16. The van der Waals surface area contributed by atoms with Crippen LogP contribution in [0, 0.1) is 0 Å². The molecule has 2 aromatic carbocycles. The number of aromatic amines is 1. The summed E-state index contributed by atoms with van der Waals surface area (Å²) in [6.07, 6.45) is 0. The van der Waals surface area contributed by atoms with E-state index in [0.29, 0.717) is 34.4 Å². The molecule has 10 heteroatoms. The molecule has 2 N–H and O–H groups in total. The molecular weight excluding hydrogens is 386 g/mol. The molecular formula is C20H17N7O3. The summed E-state index contributed by atoms with van der Waals surface area (Å²) < 4.78 is 12.6. The second-order valence-electron chi connectivity index (χ2n) is 6.64. The lowest BCUT2D eigenvalue weighted by Crippen LogP contribution is -2.29. The maximum absolute atomic E-state index is 12.7. The molecule has 10 nitrogen and oxygen atoms in total. The number of aromatic nitrogens is 6. The maximum Gasteiger partial charge on any atom is 0.288 e. The van der Waals surface area contributed by atoms with Crippen molar-refractivity contribution in [2.45, 2.75) is 6.04 Å². The Kier molecular flexibility index (Phi) is 4.16. The smallest absolute Gasteiger partial charge is 0.288 e. The van der Waals surface area contributed by atoms with E-state index in [-0.39, 0.29) is 5.56 Å². The Balaban J connectivity index is 1.83. The third-order valence-electron chi connectivity index (χ3n) is 5.05. The van der Waals surface area contributed by atoms with Gasteiger partial charge in [0.05, 0.1) is 19.9 Å². The average Bonchev–Trinajstić information content (AvgIpc) is 3.26. The fraction of sp³-hybridized carbons (Fsp3) is 0.150. The summed E-state index contributed by atoms with van der Waals surface area (Å²) in [6, 6.07) is 14.5. The number of tetrazole rings is 1. The largest absolute Gasteiger partial charge is 0.497 e. The van der Waals surface area contributed by atoms with E-state index in [2.05, 4.69) is 31.0 Å². The SMILES string of the molecule is COc1cccc(-c2n[nH]c(=O)c3c2[C@H](c2ccccc2OC)n2nnnc2N3)c1. The van der Waals surface area contributed by atoms with Crippen molar-refractivity contribution in [3.8, 4) is 22.8 Å². The Hall–Kier alpha value is -4.21. The first-order valence-electron chi connectivity index (χ1n) is 9.16. The molecule has 3 heterocycles. The number of methoxy groups -OCH3 is 2. The van der Waals surface area contributed by atoms with Gasteiger partial charge in [-0.2, -0.15) is 9.78 Å². The van der Waals surface area contributed by atoms with E-state index in [0.717, 1.165) is 11.1 Å². The molecule has 1 aliphatic rings. The molecule has 0 unspecified atom stereocenters. The lowest BCUT2D eigenvalue weighted by atomic mass is 9.92. The quantitative estimate of drug-likeness (QED) is 0.468. The summed E-state index contributed by atoms with van der Waals surface area (Å²) in [5.41, 5.74) is 2.75. The highest BCUT2D eigenvalue weighted by Gasteiger charge is 2.35. The molecule has 150 valence electrons. The topological polar surface area (TPSA) is 120 Å². The van der Waals surface area contributed by atoms with Crippen LogP contribution in [-0.4, -0.2) is 44.6 Å². The van der Waals surface area contributed by atoms with Crippen molar-refractivity contribution in [3.05, 3.63) is 70.0 Å². The third-order valence-corrected chi connectivity index (χ3v) is 5.05. The molecule has 2 aromatic heterocycles. The number of rotatable bonds is 4. The lowest BCUT2D eigenvalue weighted by molar-refractivity contribution is 0.402. The van der Waals surface area contributed by atoms with Gasteiger partial charge in [0.1, 0.15) is 23.2 Å². The highest BCUT2D eigenvalue weighted by molar-refractivity contribution is 5.76. The number of ether oxygens (including phenoxy) is 2. The third kappa shape index (κ3) is 2.69. The molecule has 4 aromatic rings. The minimum absolute atomic E-state index is 0.334. The van der Waals surface area contributed by atoms with Crippen LogP contribution in [0.15, 0.2) is 53.3 Å². The summed E-state index contributed by atoms with van der Waals surface area (Å²) in [5, 5.41) is 21.9. The molecule has 30 heavy (non-hydrogen) atoms. The predicted octanol–water partition coefficient (Wildman–Crippen LogP) is 2.14. The molecule has 0 fully saturated rings. The van der Waals surface area contributed by atoms with Crippen molar-refractivity contribution in [2.24, 2.45) is 0 Å². The van der Waals surface area contributed by atoms with E-state index in [9.17, 15) is 4.79 Å². The molecule has 0 bridgehead atoms. The summed E-state index contributed by atoms with van der Waals surface area (Å²) in [7, 11) is 3.20. The van der Waals surface area contributed by atoms with Crippen LogP contribution in [0.2, 0.25) is 0 Å². The van der Waals surface area contributed by atoms with Crippen molar-refractivity contribution >= 4 is 11.6 Å². The molecule has 0 aliphatic carbocycles. The number of anilines is 2. The van der Waals surface area contributed by atoms with E-state index < -0.39 is 6.04 Å². The van der Waals surface area contributed by atoms with Crippen LogP contribution in [0.4, 0.5) is 11.6 Å². The van der Waals surface area contributed by atoms with Crippen molar-refractivity contribution in [2.75, 3.05) is 19.5 Å². The molecule has 0 radical (unpaired) electrons. The van der Waals surface area contributed by atoms with Gasteiger partial charge in [0.15, 0.2) is 0 Å². The van der Waals surface area contributed by atoms with Gasteiger partial charge in [0, 0.05) is 16.7 Å². The van der Waals surface area contributed by atoms with Crippen LogP contribution >= 0.6 is 0 Å². The fourth-order valence-electron chi connectivity index (χ4n) is 3.71. The molecule has 5 rings (SSSR count). The monoisotopic (exact) mass is 403 g/mol. The Morgan fingerprint density at radius 3 is 2.77 bits per heavy atom. The van der Waals surface area contributed by atoms with Gasteiger partial charge in [0.25, 0.3) is 5.56 Å². The Morgan fingerprint density at radius 1 is 1.07 bits per heavy atom. The van der Waals surface area contributed by atoms with Gasteiger partial charge in [-0.25, -0.2) is 5.10 Å². The number of fused-ring (bicyclic) bond motifs is 2. The van der Waals surface area contributed by atoms with E-state index in [4.69, 9.17) is 9.47 Å². The van der Waals surface area contributed by atoms with Gasteiger partial charge >= 0.3 is 0 Å². The predicted molar refractivity (Wildman–Crippen MR) is 108 cm³/mol.